The molecule has 0 heterocycles. The van der Waals surface area contributed by atoms with Crippen molar-refractivity contribution in [2.45, 2.75) is 84.0 Å². The summed E-state index contributed by atoms with van der Waals surface area (Å²) in [5.74, 6) is -2.96. The number of hydrogen-bond donors (Lipinski definition) is 7. The van der Waals surface area contributed by atoms with Gasteiger partial charge in [0.2, 0.25) is 17.7 Å². The Balaban J connectivity index is 5.26. The summed E-state index contributed by atoms with van der Waals surface area (Å²) in [6.07, 6.45) is 1.99. The number of hydrogen-bond acceptors (Lipinski definition) is 7. The molecular formula is C21H41N5O6. The second-order valence-corrected chi connectivity index (χ2v) is 8.85. The van der Waals surface area contributed by atoms with Gasteiger partial charge in [-0.15, -0.1) is 0 Å². The molecule has 0 aliphatic heterocycles. The van der Waals surface area contributed by atoms with E-state index in [9.17, 15) is 29.4 Å². The van der Waals surface area contributed by atoms with Gasteiger partial charge in [-0.1, -0.05) is 27.7 Å². The minimum Gasteiger partial charge on any atom is -0.480 e. The van der Waals surface area contributed by atoms with E-state index in [0.717, 1.165) is 0 Å². The minimum atomic E-state index is -1.29. The molecule has 186 valence electrons. The summed E-state index contributed by atoms with van der Waals surface area (Å²) in [5, 5.41) is 26.3. The maximum absolute atomic E-state index is 12.7. The van der Waals surface area contributed by atoms with Crippen LogP contribution in [0.5, 0.6) is 0 Å². The van der Waals surface area contributed by atoms with E-state index in [-0.39, 0.29) is 24.7 Å². The van der Waals surface area contributed by atoms with Crippen LogP contribution in [0.2, 0.25) is 0 Å². The zero-order chi connectivity index (χ0) is 24.8. The van der Waals surface area contributed by atoms with Crippen molar-refractivity contribution >= 4 is 23.7 Å². The van der Waals surface area contributed by atoms with Crippen molar-refractivity contribution < 1.29 is 29.4 Å². The molecule has 11 heteroatoms. The first-order valence-corrected chi connectivity index (χ1v) is 11.1. The molecule has 11 nitrogen and oxygen atoms in total. The van der Waals surface area contributed by atoms with Gasteiger partial charge in [-0.2, -0.15) is 0 Å². The van der Waals surface area contributed by atoms with Crippen molar-refractivity contribution in [3.63, 3.8) is 0 Å². The number of aliphatic hydroxyl groups is 1. The number of aliphatic carboxylic acids is 1. The maximum Gasteiger partial charge on any atom is 0.326 e. The number of carbonyl (C=O) groups excluding carboxylic acids is 3. The van der Waals surface area contributed by atoms with Crippen LogP contribution in [-0.2, 0) is 19.2 Å². The van der Waals surface area contributed by atoms with E-state index in [2.05, 4.69) is 16.0 Å². The molecule has 0 fully saturated rings. The van der Waals surface area contributed by atoms with Crippen LogP contribution < -0.4 is 27.4 Å². The van der Waals surface area contributed by atoms with Gasteiger partial charge in [0.1, 0.15) is 18.1 Å². The Morgan fingerprint density at radius 2 is 1.28 bits per heavy atom. The number of aliphatic hydroxyl groups excluding tert-OH is 1. The third-order valence-corrected chi connectivity index (χ3v) is 4.78. The summed E-state index contributed by atoms with van der Waals surface area (Å²) in [5.41, 5.74) is 11.3. The third kappa shape index (κ3) is 12.0. The summed E-state index contributed by atoms with van der Waals surface area (Å²) in [7, 11) is 0. The van der Waals surface area contributed by atoms with Crippen molar-refractivity contribution in [3.05, 3.63) is 0 Å². The van der Waals surface area contributed by atoms with Gasteiger partial charge in [0.25, 0.3) is 0 Å². The number of nitrogens with one attached hydrogen (secondary N) is 3. The first kappa shape index (κ1) is 29.8. The Morgan fingerprint density at radius 1 is 0.781 bits per heavy atom. The highest BCUT2D eigenvalue weighted by molar-refractivity contribution is 5.94. The van der Waals surface area contributed by atoms with Gasteiger partial charge in [0.05, 0.1) is 12.6 Å². The number of carbonyl (C=O) groups is 4. The Labute approximate surface area is 190 Å². The molecular weight excluding hydrogens is 418 g/mol. The molecule has 0 radical (unpaired) electrons. The second-order valence-electron chi connectivity index (χ2n) is 8.85. The molecule has 0 aliphatic carbocycles. The van der Waals surface area contributed by atoms with Crippen LogP contribution in [0.25, 0.3) is 0 Å². The Kier molecular flexibility index (Phi) is 14.5. The average Bonchev–Trinajstić information content (AvgIpc) is 2.69. The van der Waals surface area contributed by atoms with Crippen LogP contribution in [0.1, 0.15) is 59.8 Å². The Morgan fingerprint density at radius 3 is 1.75 bits per heavy atom. The monoisotopic (exact) mass is 459 g/mol. The van der Waals surface area contributed by atoms with Gasteiger partial charge in [0.15, 0.2) is 0 Å². The fourth-order valence-electron chi connectivity index (χ4n) is 3.09. The number of carboxylic acids is 1. The highest BCUT2D eigenvalue weighted by Gasteiger charge is 2.30. The molecule has 32 heavy (non-hydrogen) atoms. The van der Waals surface area contributed by atoms with Gasteiger partial charge in [-0.05, 0) is 50.5 Å². The molecule has 9 N–H and O–H groups in total. The van der Waals surface area contributed by atoms with Crippen molar-refractivity contribution in [3.8, 4) is 0 Å². The standard InChI is InChI=1S/C21H41N5O6/c1-12(2)9-14(23)18(28)26-17(11-27)20(30)24-15(7-5-6-8-22)19(29)25-16(21(31)32)10-13(3)4/h12-17,27H,5-11,22-23H2,1-4H3,(H,24,30)(H,25,29)(H,26,28)(H,31,32). The van der Waals surface area contributed by atoms with E-state index < -0.39 is 54.5 Å². The molecule has 3 amide bonds. The van der Waals surface area contributed by atoms with Crippen LogP contribution >= 0.6 is 0 Å². The van der Waals surface area contributed by atoms with Crippen molar-refractivity contribution in [1.29, 1.82) is 0 Å². The van der Waals surface area contributed by atoms with Crippen LogP contribution in [-0.4, -0.2) is 71.2 Å². The van der Waals surface area contributed by atoms with Crippen molar-refractivity contribution in [2.75, 3.05) is 13.2 Å². The molecule has 0 spiro atoms. The lowest BCUT2D eigenvalue weighted by molar-refractivity contribution is -0.143. The fourth-order valence-corrected chi connectivity index (χ4v) is 3.09. The van der Waals surface area contributed by atoms with E-state index in [1.165, 1.54) is 0 Å². The molecule has 0 saturated heterocycles. The first-order chi connectivity index (χ1) is 14.9. The molecule has 0 aliphatic rings. The lowest BCUT2D eigenvalue weighted by Crippen LogP contribution is -2.58. The van der Waals surface area contributed by atoms with Gasteiger partial charge < -0.3 is 37.6 Å². The summed E-state index contributed by atoms with van der Waals surface area (Å²) < 4.78 is 0. The summed E-state index contributed by atoms with van der Waals surface area (Å²) >= 11 is 0. The zero-order valence-electron chi connectivity index (χ0n) is 19.6. The molecule has 0 aromatic heterocycles. The first-order valence-electron chi connectivity index (χ1n) is 11.1. The highest BCUT2D eigenvalue weighted by atomic mass is 16.4. The van der Waals surface area contributed by atoms with E-state index in [4.69, 9.17) is 11.5 Å². The quantitative estimate of drug-likeness (QED) is 0.144. The van der Waals surface area contributed by atoms with Crippen molar-refractivity contribution in [1.82, 2.24) is 16.0 Å². The van der Waals surface area contributed by atoms with Gasteiger partial charge in [-0.3, -0.25) is 14.4 Å². The third-order valence-electron chi connectivity index (χ3n) is 4.78. The Hall–Kier alpha value is -2.24. The largest absolute Gasteiger partial charge is 0.480 e. The summed E-state index contributed by atoms with van der Waals surface area (Å²) in [4.78, 5) is 49.1. The van der Waals surface area contributed by atoms with Crippen LogP contribution in [0.15, 0.2) is 0 Å². The average molecular weight is 460 g/mol. The Bertz CT molecular complexity index is 613. The maximum atomic E-state index is 12.7. The second kappa shape index (κ2) is 15.5. The van der Waals surface area contributed by atoms with E-state index in [1.807, 2.05) is 27.7 Å². The van der Waals surface area contributed by atoms with Crippen LogP contribution in [0.3, 0.4) is 0 Å². The predicted octanol–water partition coefficient (Wildman–Crippen LogP) is -0.934. The highest BCUT2D eigenvalue weighted by Crippen LogP contribution is 2.08. The molecule has 0 aromatic rings. The normalized spacial score (nSPS) is 15.0. The molecule has 0 saturated carbocycles. The predicted molar refractivity (Wildman–Crippen MR) is 120 cm³/mol. The van der Waals surface area contributed by atoms with Crippen molar-refractivity contribution in [2.24, 2.45) is 23.3 Å². The topological polar surface area (TPSA) is 197 Å². The number of nitrogens with two attached hydrogens (primary N) is 2. The van der Waals surface area contributed by atoms with Gasteiger partial charge in [-0.25, -0.2) is 4.79 Å². The minimum absolute atomic E-state index is 0.0331. The zero-order valence-corrected chi connectivity index (χ0v) is 19.6. The number of unbranched alkanes of at least 4 members (excludes halogenated alkanes) is 1. The smallest absolute Gasteiger partial charge is 0.326 e. The van der Waals surface area contributed by atoms with Crippen LogP contribution in [0.4, 0.5) is 0 Å². The van der Waals surface area contributed by atoms with Gasteiger partial charge >= 0.3 is 5.97 Å². The summed E-state index contributed by atoms with van der Waals surface area (Å²) in [6.45, 7) is 7.18. The molecule has 4 unspecified atom stereocenters. The van der Waals surface area contributed by atoms with E-state index >= 15 is 0 Å². The van der Waals surface area contributed by atoms with Gasteiger partial charge in [0, 0.05) is 0 Å². The number of amides is 3. The van der Waals surface area contributed by atoms with E-state index in [1.54, 1.807) is 0 Å². The molecule has 0 rings (SSSR count). The molecule has 4 atom stereocenters. The fraction of sp³-hybridized carbons (Fsp3) is 0.810. The lowest BCUT2D eigenvalue weighted by atomic mass is 10.0. The number of carboxylic acid groups (broad SMARTS) is 1. The van der Waals surface area contributed by atoms with E-state index in [0.29, 0.717) is 25.8 Å². The molecule has 0 aromatic carbocycles. The molecule has 0 bridgehead atoms. The summed E-state index contributed by atoms with van der Waals surface area (Å²) in [6, 6.07) is -4.28. The number of rotatable bonds is 16. The SMILES string of the molecule is CC(C)CC(N)C(=O)NC(CO)C(=O)NC(CCCCN)C(=O)NC(CC(C)C)C(=O)O. The van der Waals surface area contributed by atoms with Crippen LogP contribution in [0, 0.1) is 11.8 Å². The lowest BCUT2D eigenvalue weighted by Gasteiger charge is -2.25.